The lowest BCUT2D eigenvalue weighted by molar-refractivity contribution is 0.102. The monoisotopic (exact) mass is 292 g/mol. The van der Waals surface area contributed by atoms with Gasteiger partial charge in [-0.25, -0.2) is 0 Å². The maximum atomic E-state index is 12.3. The van der Waals surface area contributed by atoms with Gasteiger partial charge in [0.25, 0.3) is 5.91 Å². The Kier molecular flexibility index (Phi) is 4.01. The summed E-state index contributed by atoms with van der Waals surface area (Å²) in [4.78, 5) is 18.7. The number of nitrogens with one attached hydrogen (secondary N) is 1. The van der Waals surface area contributed by atoms with E-state index in [9.17, 15) is 4.79 Å². The van der Waals surface area contributed by atoms with Crippen molar-refractivity contribution in [3.8, 4) is 6.07 Å². The second-order valence-electron chi connectivity index (χ2n) is 5.27. The van der Waals surface area contributed by atoms with Crippen LogP contribution in [0.3, 0.4) is 0 Å². The molecule has 1 amide bonds. The molecule has 5 heteroatoms. The van der Waals surface area contributed by atoms with E-state index in [1.807, 2.05) is 12.1 Å². The predicted molar refractivity (Wildman–Crippen MR) is 84.8 cm³/mol. The molecule has 1 aliphatic heterocycles. The highest BCUT2D eigenvalue weighted by Gasteiger charge is 2.15. The number of benzene rings is 1. The molecule has 1 aromatic carbocycles. The van der Waals surface area contributed by atoms with Gasteiger partial charge in [-0.2, -0.15) is 5.26 Å². The molecule has 0 spiro atoms. The summed E-state index contributed by atoms with van der Waals surface area (Å²) in [5.41, 5.74) is 2.75. The quantitative estimate of drug-likeness (QED) is 0.944. The van der Waals surface area contributed by atoms with E-state index < -0.39 is 0 Å². The smallest absolute Gasteiger partial charge is 0.257 e. The first-order valence-electron chi connectivity index (χ1n) is 7.28. The number of carbonyl (C=O) groups excluding carboxylic acids is 1. The number of carbonyl (C=O) groups is 1. The summed E-state index contributed by atoms with van der Waals surface area (Å²) in [6, 6.07) is 10.7. The van der Waals surface area contributed by atoms with Gasteiger partial charge >= 0.3 is 0 Å². The van der Waals surface area contributed by atoms with Crippen LogP contribution in [0.4, 0.5) is 11.4 Å². The Morgan fingerprint density at radius 1 is 1.18 bits per heavy atom. The summed E-state index contributed by atoms with van der Waals surface area (Å²) in [6.07, 6.45) is 5.73. The van der Waals surface area contributed by atoms with Crippen LogP contribution < -0.4 is 10.2 Å². The molecular formula is C17H16N4O. The van der Waals surface area contributed by atoms with Crippen molar-refractivity contribution in [3.63, 3.8) is 0 Å². The minimum Gasteiger partial charge on any atom is -0.370 e. The van der Waals surface area contributed by atoms with E-state index in [1.54, 1.807) is 36.7 Å². The fourth-order valence-electron chi connectivity index (χ4n) is 2.53. The predicted octanol–water partition coefficient (Wildman–Crippen LogP) is 2.81. The molecule has 0 radical (unpaired) electrons. The van der Waals surface area contributed by atoms with Gasteiger partial charge in [0, 0.05) is 25.0 Å². The lowest BCUT2D eigenvalue weighted by Crippen LogP contribution is -2.19. The standard InChI is InChI=1S/C17H16N4O/c18-10-13-3-5-15(6-4-13)20-17(22)14-9-16(12-19-11-14)21-7-1-2-8-21/h3-6,9,11-12H,1-2,7-8H2,(H,20,22). The van der Waals surface area contributed by atoms with Crippen LogP contribution in [0.1, 0.15) is 28.8 Å². The van der Waals surface area contributed by atoms with Crippen LogP contribution in [0.25, 0.3) is 0 Å². The molecule has 22 heavy (non-hydrogen) atoms. The van der Waals surface area contributed by atoms with Crippen LogP contribution in [0, 0.1) is 11.3 Å². The summed E-state index contributed by atoms with van der Waals surface area (Å²) < 4.78 is 0. The third-order valence-corrected chi connectivity index (χ3v) is 3.73. The van der Waals surface area contributed by atoms with E-state index in [0.717, 1.165) is 18.8 Å². The molecule has 110 valence electrons. The van der Waals surface area contributed by atoms with Crippen molar-refractivity contribution >= 4 is 17.3 Å². The maximum absolute atomic E-state index is 12.3. The van der Waals surface area contributed by atoms with Gasteiger partial charge in [-0.1, -0.05) is 0 Å². The van der Waals surface area contributed by atoms with E-state index in [2.05, 4.69) is 15.2 Å². The molecule has 5 nitrogen and oxygen atoms in total. The molecule has 1 aliphatic rings. The topological polar surface area (TPSA) is 69.0 Å². The first-order valence-corrected chi connectivity index (χ1v) is 7.28. The van der Waals surface area contributed by atoms with Crippen molar-refractivity contribution in [2.45, 2.75) is 12.8 Å². The molecule has 1 N–H and O–H groups in total. The number of nitrogens with zero attached hydrogens (tertiary/aromatic N) is 3. The van der Waals surface area contributed by atoms with Crippen LogP contribution in [0.2, 0.25) is 0 Å². The van der Waals surface area contributed by atoms with Crippen molar-refractivity contribution < 1.29 is 4.79 Å². The first-order chi connectivity index (χ1) is 10.8. The molecule has 0 atom stereocenters. The zero-order chi connectivity index (χ0) is 15.4. The van der Waals surface area contributed by atoms with Gasteiger partial charge < -0.3 is 10.2 Å². The number of aromatic nitrogens is 1. The highest BCUT2D eigenvalue weighted by Crippen LogP contribution is 2.20. The average Bonchev–Trinajstić information content (AvgIpc) is 3.10. The van der Waals surface area contributed by atoms with Gasteiger partial charge in [-0.05, 0) is 43.2 Å². The summed E-state index contributed by atoms with van der Waals surface area (Å²) in [7, 11) is 0. The maximum Gasteiger partial charge on any atom is 0.257 e. The highest BCUT2D eigenvalue weighted by molar-refractivity contribution is 6.04. The largest absolute Gasteiger partial charge is 0.370 e. The van der Waals surface area contributed by atoms with Crippen LogP contribution in [-0.4, -0.2) is 24.0 Å². The Balaban J connectivity index is 1.74. The van der Waals surface area contributed by atoms with Crippen molar-refractivity contribution in [1.82, 2.24) is 4.98 Å². The Morgan fingerprint density at radius 3 is 2.59 bits per heavy atom. The summed E-state index contributed by atoms with van der Waals surface area (Å²) in [6.45, 7) is 2.03. The zero-order valence-electron chi connectivity index (χ0n) is 12.1. The van der Waals surface area contributed by atoms with Gasteiger partial charge in [-0.15, -0.1) is 0 Å². The molecule has 2 aromatic rings. The molecular weight excluding hydrogens is 276 g/mol. The van der Waals surface area contributed by atoms with E-state index in [1.165, 1.54) is 12.8 Å². The first kappa shape index (κ1) is 14.1. The number of anilines is 2. The minimum absolute atomic E-state index is 0.196. The van der Waals surface area contributed by atoms with Gasteiger partial charge in [0.05, 0.1) is 29.1 Å². The second kappa shape index (κ2) is 6.27. The third kappa shape index (κ3) is 3.07. The number of pyridine rings is 1. The fourth-order valence-corrected chi connectivity index (χ4v) is 2.53. The molecule has 1 saturated heterocycles. The summed E-state index contributed by atoms with van der Waals surface area (Å²) >= 11 is 0. The van der Waals surface area contributed by atoms with E-state index >= 15 is 0 Å². The summed E-state index contributed by atoms with van der Waals surface area (Å²) in [5.74, 6) is -0.196. The number of hydrogen-bond donors (Lipinski definition) is 1. The molecule has 1 fully saturated rings. The van der Waals surface area contributed by atoms with Crippen molar-refractivity contribution in [2.24, 2.45) is 0 Å². The molecule has 1 aromatic heterocycles. The van der Waals surface area contributed by atoms with Crippen LogP contribution in [-0.2, 0) is 0 Å². The van der Waals surface area contributed by atoms with E-state index in [-0.39, 0.29) is 5.91 Å². The molecule has 0 unspecified atom stereocenters. The van der Waals surface area contributed by atoms with Crippen molar-refractivity contribution in [2.75, 3.05) is 23.3 Å². The van der Waals surface area contributed by atoms with Crippen molar-refractivity contribution in [3.05, 3.63) is 53.9 Å². The average molecular weight is 292 g/mol. The lowest BCUT2D eigenvalue weighted by atomic mass is 10.2. The number of hydrogen-bond acceptors (Lipinski definition) is 4. The Hall–Kier alpha value is -2.87. The number of amides is 1. The molecule has 0 aliphatic carbocycles. The Labute approximate surface area is 129 Å². The summed E-state index contributed by atoms with van der Waals surface area (Å²) in [5, 5.41) is 11.6. The zero-order valence-corrected chi connectivity index (χ0v) is 12.1. The van der Waals surface area contributed by atoms with Gasteiger partial charge in [0.1, 0.15) is 0 Å². The van der Waals surface area contributed by atoms with Gasteiger partial charge in [-0.3, -0.25) is 9.78 Å². The van der Waals surface area contributed by atoms with Crippen LogP contribution in [0.15, 0.2) is 42.7 Å². The van der Waals surface area contributed by atoms with E-state index in [4.69, 9.17) is 5.26 Å². The van der Waals surface area contributed by atoms with Crippen LogP contribution in [0.5, 0.6) is 0 Å². The normalized spacial score (nSPS) is 13.7. The van der Waals surface area contributed by atoms with E-state index in [0.29, 0.717) is 16.8 Å². The van der Waals surface area contributed by atoms with Crippen molar-refractivity contribution in [1.29, 1.82) is 5.26 Å². The second-order valence-corrected chi connectivity index (χ2v) is 5.27. The molecule has 3 rings (SSSR count). The number of rotatable bonds is 3. The van der Waals surface area contributed by atoms with Crippen LogP contribution >= 0.6 is 0 Å². The SMILES string of the molecule is N#Cc1ccc(NC(=O)c2cncc(N3CCCC3)c2)cc1. The van der Waals surface area contributed by atoms with Gasteiger partial charge in [0.15, 0.2) is 0 Å². The molecule has 0 saturated carbocycles. The lowest BCUT2D eigenvalue weighted by Gasteiger charge is -2.17. The third-order valence-electron chi connectivity index (χ3n) is 3.73. The molecule has 0 bridgehead atoms. The number of nitriles is 1. The Morgan fingerprint density at radius 2 is 1.91 bits per heavy atom. The Bertz CT molecular complexity index is 712. The highest BCUT2D eigenvalue weighted by atomic mass is 16.1. The molecule has 2 heterocycles. The van der Waals surface area contributed by atoms with Gasteiger partial charge in [0.2, 0.25) is 0 Å². The minimum atomic E-state index is -0.196. The fraction of sp³-hybridized carbons (Fsp3) is 0.235.